The second-order valence-corrected chi connectivity index (χ2v) is 3.63. The summed E-state index contributed by atoms with van der Waals surface area (Å²) in [6, 6.07) is 5.93. The molecule has 0 aliphatic heterocycles. The van der Waals surface area contributed by atoms with E-state index in [1.807, 2.05) is 35.9 Å². The minimum absolute atomic E-state index is 0.513. The van der Waals surface area contributed by atoms with Crippen LogP contribution >= 0.6 is 0 Å². The van der Waals surface area contributed by atoms with Crippen LogP contribution in [0.4, 0.5) is 0 Å². The number of hydrogen-bond donors (Lipinski definition) is 1. The van der Waals surface area contributed by atoms with Gasteiger partial charge in [0.25, 0.3) is 0 Å². The molecule has 0 fully saturated rings. The maximum absolute atomic E-state index is 5.59. The number of hydrogen-bond acceptors (Lipinski definition) is 3. The standard InChI is InChI=1S/C12H15N3O/c1-9-7-15(8-14-9)11-4-3-10(6-13)5-12(11)16-2/h3-5,7-8H,6,13H2,1-2H3. The van der Waals surface area contributed by atoms with Gasteiger partial charge in [0.1, 0.15) is 5.75 Å². The summed E-state index contributed by atoms with van der Waals surface area (Å²) in [5.74, 6) is 0.806. The molecule has 0 atom stereocenters. The third-order valence-corrected chi connectivity index (χ3v) is 2.47. The Morgan fingerprint density at radius 1 is 1.44 bits per heavy atom. The van der Waals surface area contributed by atoms with Gasteiger partial charge in [0, 0.05) is 12.7 Å². The van der Waals surface area contributed by atoms with E-state index in [0.717, 1.165) is 22.7 Å². The molecule has 0 aliphatic carbocycles. The van der Waals surface area contributed by atoms with Crippen LogP contribution in [0.25, 0.3) is 5.69 Å². The Balaban J connectivity index is 2.48. The molecule has 4 heteroatoms. The SMILES string of the molecule is COc1cc(CN)ccc1-n1cnc(C)c1. The highest BCUT2D eigenvalue weighted by Gasteiger charge is 2.06. The van der Waals surface area contributed by atoms with Crippen molar-refractivity contribution in [2.75, 3.05) is 7.11 Å². The smallest absolute Gasteiger partial charge is 0.143 e. The normalized spacial score (nSPS) is 10.4. The molecule has 0 saturated carbocycles. The van der Waals surface area contributed by atoms with Gasteiger partial charge in [0.05, 0.1) is 24.8 Å². The Morgan fingerprint density at radius 2 is 2.25 bits per heavy atom. The van der Waals surface area contributed by atoms with Crippen LogP contribution in [0.5, 0.6) is 5.75 Å². The topological polar surface area (TPSA) is 53.1 Å². The lowest BCUT2D eigenvalue weighted by atomic mass is 10.2. The summed E-state index contributed by atoms with van der Waals surface area (Å²) in [6.45, 7) is 2.47. The van der Waals surface area contributed by atoms with Crippen molar-refractivity contribution in [2.45, 2.75) is 13.5 Å². The molecule has 0 bridgehead atoms. The van der Waals surface area contributed by atoms with Crippen LogP contribution in [0, 0.1) is 6.92 Å². The van der Waals surface area contributed by atoms with Crippen molar-refractivity contribution in [1.82, 2.24) is 9.55 Å². The van der Waals surface area contributed by atoms with E-state index in [1.54, 1.807) is 13.4 Å². The summed E-state index contributed by atoms with van der Waals surface area (Å²) in [4.78, 5) is 4.19. The zero-order valence-corrected chi connectivity index (χ0v) is 9.47. The summed E-state index contributed by atoms with van der Waals surface area (Å²) >= 11 is 0. The highest BCUT2D eigenvalue weighted by Crippen LogP contribution is 2.24. The summed E-state index contributed by atoms with van der Waals surface area (Å²) in [5.41, 5.74) is 8.59. The fourth-order valence-corrected chi connectivity index (χ4v) is 1.62. The van der Waals surface area contributed by atoms with Gasteiger partial charge in [-0.2, -0.15) is 0 Å². The van der Waals surface area contributed by atoms with Crippen LogP contribution in [0.2, 0.25) is 0 Å². The minimum atomic E-state index is 0.513. The quantitative estimate of drug-likeness (QED) is 0.850. The molecule has 0 radical (unpaired) electrons. The average Bonchev–Trinajstić information content (AvgIpc) is 2.74. The fraction of sp³-hybridized carbons (Fsp3) is 0.250. The molecular formula is C12H15N3O. The maximum atomic E-state index is 5.59. The number of ether oxygens (including phenoxy) is 1. The molecule has 2 rings (SSSR count). The first-order chi connectivity index (χ1) is 7.74. The number of nitrogens with zero attached hydrogens (tertiary/aromatic N) is 2. The lowest BCUT2D eigenvalue weighted by molar-refractivity contribution is 0.412. The summed E-state index contributed by atoms with van der Waals surface area (Å²) in [5, 5.41) is 0. The molecule has 2 aromatic rings. The Bertz CT molecular complexity index is 491. The summed E-state index contributed by atoms with van der Waals surface area (Å²) < 4.78 is 7.29. The van der Waals surface area contributed by atoms with E-state index >= 15 is 0 Å². The molecule has 16 heavy (non-hydrogen) atoms. The lowest BCUT2D eigenvalue weighted by Crippen LogP contribution is -2.00. The monoisotopic (exact) mass is 217 g/mol. The van der Waals surface area contributed by atoms with Gasteiger partial charge >= 0.3 is 0 Å². The van der Waals surface area contributed by atoms with Gasteiger partial charge < -0.3 is 15.0 Å². The van der Waals surface area contributed by atoms with Crippen LogP contribution in [0.3, 0.4) is 0 Å². The maximum Gasteiger partial charge on any atom is 0.143 e. The Kier molecular flexibility index (Phi) is 2.92. The van der Waals surface area contributed by atoms with Crippen molar-refractivity contribution < 1.29 is 4.74 Å². The molecule has 1 heterocycles. The van der Waals surface area contributed by atoms with Gasteiger partial charge in [0.15, 0.2) is 0 Å². The number of imidazole rings is 1. The third-order valence-electron chi connectivity index (χ3n) is 2.47. The summed E-state index contributed by atoms with van der Waals surface area (Å²) in [6.07, 6.45) is 3.73. The highest BCUT2D eigenvalue weighted by molar-refractivity contribution is 5.49. The van der Waals surface area contributed by atoms with E-state index < -0.39 is 0 Å². The van der Waals surface area contributed by atoms with E-state index in [-0.39, 0.29) is 0 Å². The molecule has 0 saturated heterocycles. The Labute approximate surface area is 94.7 Å². The zero-order chi connectivity index (χ0) is 11.5. The zero-order valence-electron chi connectivity index (χ0n) is 9.47. The second-order valence-electron chi connectivity index (χ2n) is 3.63. The van der Waals surface area contributed by atoms with Gasteiger partial charge in [-0.25, -0.2) is 4.98 Å². The van der Waals surface area contributed by atoms with Crippen molar-refractivity contribution in [2.24, 2.45) is 5.73 Å². The van der Waals surface area contributed by atoms with E-state index in [0.29, 0.717) is 6.54 Å². The second kappa shape index (κ2) is 4.37. The van der Waals surface area contributed by atoms with E-state index in [4.69, 9.17) is 10.5 Å². The van der Waals surface area contributed by atoms with Crippen molar-refractivity contribution in [1.29, 1.82) is 0 Å². The largest absolute Gasteiger partial charge is 0.495 e. The van der Waals surface area contributed by atoms with E-state index in [2.05, 4.69) is 4.98 Å². The first-order valence-electron chi connectivity index (χ1n) is 5.12. The van der Waals surface area contributed by atoms with Crippen LogP contribution in [0.1, 0.15) is 11.3 Å². The summed E-state index contributed by atoms with van der Waals surface area (Å²) in [7, 11) is 1.66. The van der Waals surface area contributed by atoms with Gasteiger partial charge in [-0.1, -0.05) is 6.07 Å². The number of rotatable bonds is 3. The minimum Gasteiger partial charge on any atom is -0.495 e. The molecule has 0 amide bonds. The van der Waals surface area contributed by atoms with Gasteiger partial charge in [-0.15, -0.1) is 0 Å². The van der Waals surface area contributed by atoms with Crippen molar-refractivity contribution in [3.8, 4) is 11.4 Å². The third kappa shape index (κ3) is 1.92. The molecule has 0 spiro atoms. The first-order valence-corrected chi connectivity index (χ1v) is 5.12. The first kappa shape index (κ1) is 10.7. The van der Waals surface area contributed by atoms with Crippen LogP contribution in [-0.4, -0.2) is 16.7 Å². The van der Waals surface area contributed by atoms with Crippen molar-refractivity contribution >= 4 is 0 Å². The molecule has 1 aromatic carbocycles. The molecule has 1 aromatic heterocycles. The van der Waals surface area contributed by atoms with Crippen LogP contribution in [-0.2, 0) is 6.54 Å². The number of methoxy groups -OCH3 is 1. The molecule has 2 N–H and O–H groups in total. The number of nitrogens with two attached hydrogens (primary N) is 1. The Hall–Kier alpha value is -1.81. The predicted molar refractivity (Wildman–Crippen MR) is 62.7 cm³/mol. The van der Waals surface area contributed by atoms with Gasteiger partial charge in [-0.05, 0) is 24.6 Å². The Morgan fingerprint density at radius 3 is 2.81 bits per heavy atom. The van der Waals surface area contributed by atoms with Crippen molar-refractivity contribution in [3.05, 3.63) is 42.0 Å². The number of aryl methyl sites for hydroxylation is 1. The lowest BCUT2D eigenvalue weighted by Gasteiger charge is -2.10. The molecule has 0 unspecified atom stereocenters. The van der Waals surface area contributed by atoms with E-state index in [9.17, 15) is 0 Å². The predicted octanol–water partition coefficient (Wildman–Crippen LogP) is 1.65. The van der Waals surface area contributed by atoms with Crippen molar-refractivity contribution in [3.63, 3.8) is 0 Å². The molecular weight excluding hydrogens is 202 g/mol. The molecule has 84 valence electrons. The molecule has 0 aliphatic rings. The average molecular weight is 217 g/mol. The highest BCUT2D eigenvalue weighted by atomic mass is 16.5. The molecule has 4 nitrogen and oxygen atoms in total. The van der Waals surface area contributed by atoms with Gasteiger partial charge in [0.2, 0.25) is 0 Å². The number of aromatic nitrogens is 2. The van der Waals surface area contributed by atoms with Crippen LogP contribution in [0.15, 0.2) is 30.7 Å². The fourth-order valence-electron chi connectivity index (χ4n) is 1.62. The van der Waals surface area contributed by atoms with Gasteiger partial charge in [-0.3, -0.25) is 0 Å². The van der Waals surface area contributed by atoms with Crippen LogP contribution < -0.4 is 10.5 Å². The number of benzene rings is 1. The van der Waals surface area contributed by atoms with E-state index in [1.165, 1.54) is 0 Å².